The molecule has 1 aliphatic carbocycles. The molecule has 1 aliphatic heterocycles. The Labute approximate surface area is 344 Å². The molecule has 0 amide bonds. The number of aromatic nitrogens is 5. The van der Waals surface area contributed by atoms with Crippen molar-refractivity contribution in [2.24, 2.45) is 0 Å². The number of imidazole rings is 1. The third kappa shape index (κ3) is 5.47. The molecule has 7 aromatic carbocycles. The lowest BCUT2D eigenvalue weighted by Crippen LogP contribution is -2.20. The van der Waals surface area contributed by atoms with E-state index in [4.69, 9.17) is 19.9 Å². The first-order chi connectivity index (χ1) is 29.3. The van der Waals surface area contributed by atoms with Crippen molar-refractivity contribution in [3.8, 4) is 39.9 Å². The molecule has 0 saturated heterocycles. The van der Waals surface area contributed by atoms with E-state index < -0.39 is 0 Å². The summed E-state index contributed by atoms with van der Waals surface area (Å²) < 4.78 is 4.61. The monoisotopic (exact) mass is 774 g/mol. The van der Waals surface area contributed by atoms with Crippen molar-refractivity contribution in [3.63, 3.8) is 0 Å². The molecule has 59 heavy (non-hydrogen) atoms. The second kappa shape index (κ2) is 13.6. The predicted molar refractivity (Wildman–Crippen MR) is 241 cm³/mol. The Kier molecular flexibility index (Phi) is 7.74. The fraction of sp³-hybridized carbons (Fsp3) is 0.0385. The maximum absolute atomic E-state index is 5.41. The first kappa shape index (κ1) is 33.6. The molecular formula is C52H34N6S. The Hall–Kier alpha value is -7.48. The van der Waals surface area contributed by atoms with Gasteiger partial charge in [0.25, 0.3) is 0 Å². The smallest absolute Gasteiger partial charge is 0.165 e. The quantitative estimate of drug-likeness (QED) is 0.168. The largest absolute Gasteiger partial charge is 0.313 e. The van der Waals surface area contributed by atoms with Crippen LogP contribution in [0.5, 0.6) is 0 Å². The van der Waals surface area contributed by atoms with Crippen LogP contribution in [0.15, 0.2) is 200 Å². The number of anilines is 2. The summed E-state index contributed by atoms with van der Waals surface area (Å²) in [6.45, 7) is 0. The molecule has 3 aromatic heterocycles. The molecule has 0 fully saturated rings. The Morgan fingerprint density at radius 3 is 2.12 bits per heavy atom. The van der Waals surface area contributed by atoms with Gasteiger partial charge >= 0.3 is 0 Å². The van der Waals surface area contributed by atoms with Gasteiger partial charge in [0, 0.05) is 71.5 Å². The third-order valence-corrected chi connectivity index (χ3v) is 12.8. The standard InChI is InChI=1S/C52H34N6S/c1-4-16-33(17-5-1)49-54-50(39-24-15-29-45-47(39)38-22-10-12-27-43(38)57(45)35-18-6-2-7-19-35)56-51(55-49)40-25-14-23-37-41-32-34(30-31-46(41)59-48(37)40)52-53-42-26-11-13-28-44(42)58(52)36-20-8-3-9-21-36/h1-32,39,47H. The van der Waals surface area contributed by atoms with Gasteiger partial charge in [-0.05, 0) is 78.4 Å². The van der Waals surface area contributed by atoms with Gasteiger partial charge < -0.3 is 4.90 Å². The van der Waals surface area contributed by atoms with Crippen molar-refractivity contribution < 1.29 is 0 Å². The molecule has 6 nitrogen and oxygen atoms in total. The van der Waals surface area contributed by atoms with E-state index in [1.54, 1.807) is 11.3 Å². The zero-order valence-electron chi connectivity index (χ0n) is 31.7. The first-order valence-corrected chi connectivity index (χ1v) is 20.7. The number of para-hydroxylation sites is 5. The Bertz CT molecular complexity index is 3290. The maximum atomic E-state index is 5.41. The number of nitrogens with zero attached hydrogens (tertiary/aromatic N) is 6. The van der Waals surface area contributed by atoms with E-state index in [9.17, 15) is 0 Å². The maximum Gasteiger partial charge on any atom is 0.165 e. The van der Waals surface area contributed by atoms with Crippen molar-refractivity contribution in [2.75, 3.05) is 4.90 Å². The SMILES string of the molecule is C1=CC(c2nc(-c3ccccc3)nc(-c3cccc4c3sc3ccc(-c5nc6ccccc6n5-c5ccccc5)cc34)n2)C2C(=C1)N(c1ccccc1)c1ccccc12. The van der Waals surface area contributed by atoms with Gasteiger partial charge in [0.2, 0.25) is 0 Å². The summed E-state index contributed by atoms with van der Waals surface area (Å²) in [4.78, 5) is 23.5. The summed E-state index contributed by atoms with van der Waals surface area (Å²) in [6, 6.07) is 61.7. The normalized spacial score (nSPS) is 15.8. The molecule has 7 heteroatoms. The summed E-state index contributed by atoms with van der Waals surface area (Å²) in [5.41, 5.74) is 11.0. The number of thiophene rings is 1. The lowest BCUT2D eigenvalue weighted by molar-refractivity contribution is 0.662. The molecule has 4 heterocycles. The van der Waals surface area contributed by atoms with Gasteiger partial charge in [-0.15, -0.1) is 11.3 Å². The third-order valence-electron chi connectivity index (χ3n) is 11.6. The van der Waals surface area contributed by atoms with Gasteiger partial charge in [-0.3, -0.25) is 4.57 Å². The first-order valence-electron chi connectivity index (χ1n) is 19.9. The van der Waals surface area contributed by atoms with Crippen LogP contribution in [0.2, 0.25) is 0 Å². The molecular weight excluding hydrogens is 741 g/mol. The fourth-order valence-electron chi connectivity index (χ4n) is 8.98. The second-order valence-electron chi connectivity index (χ2n) is 15.0. The molecule has 0 N–H and O–H groups in total. The zero-order valence-corrected chi connectivity index (χ0v) is 32.5. The Morgan fingerprint density at radius 1 is 0.542 bits per heavy atom. The average molecular weight is 775 g/mol. The lowest BCUT2D eigenvalue weighted by atomic mass is 9.82. The molecule has 0 radical (unpaired) electrons. The summed E-state index contributed by atoms with van der Waals surface area (Å²) in [5, 5.41) is 2.35. The highest BCUT2D eigenvalue weighted by Crippen LogP contribution is 2.54. The molecule has 2 atom stereocenters. The highest BCUT2D eigenvalue weighted by molar-refractivity contribution is 7.26. The van der Waals surface area contributed by atoms with E-state index in [1.807, 2.05) is 24.3 Å². The van der Waals surface area contributed by atoms with E-state index >= 15 is 0 Å². The van der Waals surface area contributed by atoms with Crippen LogP contribution in [-0.2, 0) is 0 Å². The molecule has 278 valence electrons. The van der Waals surface area contributed by atoms with E-state index in [0.717, 1.165) is 55.4 Å². The van der Waals surface area contributed by atoms with Crippen molar-refractivity contribution in [1.82, 2.24) is 24.5 Å². The van der Waals surface area contributed by atoms with Crippen molar-refractivity contribution in [3.05, 3.63) is 211 Å². The molecule has 2 unspecified atom stereocenters. The van der Waals surface area contributed by atoms with E-state index in [0.29, 0.717) is 11.6 Å². The highest BCUT2D eigenvalue weighted by Gasteiger charge is 2.41. The second-order valence-corrected chi connectivity index (χ2v) is 16.1. The number of allylic oxidation sites excluding steroid dienone is 4. The molecule has 2 aliphatic rings. The minimum Gasteiger partial charge on any atom is -0.313 e. The Balaban J connectivity index is 1.01. The summed E-state index contributed by atoms with van der Waals surface area (Å²) >= 11 is 1.78. The van der Waals surface area contributed by atoms with E-state index in [-0.39, 0.29) is 11.8 Å². The Morgan fingerprint density at radius 2 is 1.27 bits per heavy atom. The number of hydrogen-bond donors (Lipinski definition) is 0. The van der Waals surface area contributed by atoms with Gasteiger partial charge in [-0.25, -0.2) is 19.9 Å². The van der Waals surface area contributed by atoms with Crippen molar-refractivity contribution in [1.29, 1.82) is 0 Å². The molecule has 10 aromatic rings. The van der Waals surface area contributed by atoms with Gasteiger partial charge in [-0.2, -0.15) is 0 Å². The van der Waals surface area contributed by atoms with E-state index in [2.05, 4.69) is 179 Å². The number of rotatable bonds is 6. The fourth-order valence-corrected chi connectivity index (χ4v) is 10.2. The molecule has 12 rings (SSSR count). The summed E-state index contributed by atoms with van der Waals surface area (Å²) in [5.74, 6) is 2.94. The van der Waals surface area contributed by atoms with Crippen LogP contribution in [0.3, 0.4) is 0 Å². The predicted octanol–water partition coefficient (Wildman–Crippen LogP) is 13.1. The lowest BCUT2D eigenvalue weighted by Gasteiger charge is -2.28. The summed E-state index contributed by atoms with van der Waals surface area (Å²) in [6.07, 6.45) is 6.67. The van der Waals surface area contributed by atoms with Crippen LogP contribution in [0.4, 0.5) is 11.4 Å². The topological polar surface area (TPSA) is 59.7 Å². The van der Waals surface area contributed by atoms with Gasteiger partial charge in [-0.1, -0.05) is 121 Å². The summed E-state index contributed by atoms with van der Waals surface area (Å²) in [7, 11) is 0. The highest BCUT2D eigenvalue weighted by atomic mass is 32.1. The molecule has 0 bridgehead atoms. The number of benzene rings is 7. The number of hydrogen-bond acceptors (Lipinski definition) is 6. The van der Waals surface area contributed by atoms with Gasteiger partial charge in [0.05, 0.1) is 11.0 Å². The van der Waals surface area contributed by atoms with E-state index in [1.165, 1.54) is 32.4 Å². The van der Waals surface area contributed by atoms with Crippen LogP contribution in [0.25, 0.3) is 71.1 Å². The molecule has 0 spiro atoms. The van der Waals surface area contributed by atoms with Crippen LogP contribution in [0, 0.1) is 0 Å². The van der Waals surface area contributed by atoms with Crippen LogP contribution in [-0.4, -0.2) is 24.5 Å². The minimum atomic E-state index is -0.109. The van der Waals surface area contributed by atoms with Crippen molar-refractivity contribution >= 4 is 53.9 Å². The molecule has 0 saturated carbocycles. The number of fused-ring (bicyclic) bond motifs is 7. The average Bonchev–Trinajstić information content (AvgIpc) is 3.99. The minimum absolute atomic E-state index is 0.0360. The van der Waals surface area contributed by atoms with Crippen LogP contribution in [0.1, 0.15) is 23.2 Å². The van der Waals surface area contributed by atoms with Crippen molar-refractivity contribution in [2.45, 2.75) is 11.8 Å². The van der Waals surface area contributed by atoms with Crippen LogP contribution < -0.4 is 4.90 Å². The van der Waals surface area contributed by atoms with Crippen LogP contribution >= 0.6 is 11.3 Å². The van der Waals surface area contributed by atoms with Gasteiger partial charge in [0.15, 0.2) is 11.6 Å². The zero-order chi connectivity index (χ0) is 38.9. The van der Waals surface area contributed by atoms with Gasteiger partial charge in [0.1, 0.15) is 11.6 Å².